The summed E-state index contributed by atoms with van der Waals surface area (Å²) in [6.45, 7) is 5.34. The third-order valence-corrected chi connectivity index (χ3v) is 4.44. The maximum absolute atomic E-state index is 12.5. The minimum absolute atomic E-state index is 0.236. The van der Waals surface area contributed by atoms with E-state index < -0.39 is 11.9 Å². The Morgan fingerprint density at radius 1 is 1.57 bits per heavy atom. The van der Waals surface area contributed by atoms with Gasteiger partial charge in [0, 0.05) is 38.0 Å². The van der Waals surface area contributed by atoms with E-state index in [-0.39, 0.29) is 6.54 Å². The van der Waals surface area contributed by atoms with E-state index in [1.807, 2.05) is 6.92 Å². The summed E-state index contributed by atoms with van der Waals surface area (Å²) < 4.78 is 43.1. The van der Waals surface area contributed by atoms with Crippen molar-refractivity contribution in [2.45, 2.75) is 26.1 Å². The largest absolute Gasteiger partial charge is 0.434 e. The van der Waals surface area contributed by atoms with Crippen molar-refractivity contribution in [3.63, 3.8) is 0 Å². The molecule has 0 bridgehead atoms. The lowest BCUT2D eigenvalue weighted by Crippen LogP contribution is -2.39. The second-order valence-electron chi connectivity index (χ2n) is 5.29. The molecule has 0 amide bonds. The Kier molecular flexibility index (Phi) is 6.23. The van der Waals surface area contributed by atoms with Crippen LogP contribution >= 0.6 is 11.3 Å². The average Bonchev–Trinajstić information content (AvgIpc) is 3.14. The van der Waals surface area contributed by atoms with Gasteiger partial charge in [0.2, 0.25) is 0 Å². The SMILES string of the molecule is CCOCC1CCN(C(=NC)NCc2nc(C(F)(F)F)cs2)C1. The van der Waals surface area contributed by atoms with Crippen LogP contribution < -0.4 is 5.32 Å². The molecular formula is C14H21F3N4OS. The average molecular weight is 350 g/mol. The van der Waals surface area contributed by atoms with Gasteiger partial charge in [0.1, 0.15) is 5.01 Å². The van der Waals surface area contributed by atoms with E-state index in [2.05, 4.69) is 20.2 Å². The van der Waals surface area contributed by atoms with Crippen molar-refractivity contribution in [3.8, 4) is 0 Å². The number of hydrogen-bond acceptors (Lipinski definition) is 4. The normalized spacial score (nSPS) is 19.4. The van der Waals surface area contributed by atoms with Gasteiger partial charge in [-0.1, -0.05) is 0 Å². The summed E-state index contributed by atoms with van der Waals surface area (Å²) in [6, 6.07) is 0. The molecule has 1 aromatic heterocycles. The maximum Gasteiger partial charge on any atom is 0.434 e. The number of ether oxygens (including phenoxy) is 1. The summed E-state index contributed by atoms with van der Waals surface area (Å²) in [6.07, 6.45) is -3.37. The van der Waals surface area contributed by atoms with E-state index in [4.69, 9.17) is 4.74 Å². The molecule has 1 N–H and O–H groups in total. The molecule has 0 radical (unpaired) electrons. The van der Waals surface area contributed by atoms with Gasteiger partial charge >= 0.3 is 6.18 Å². The highest BCUT2D eigenvalue weighted by Gasteiger charge is 2.33. The van der Waals surface area contributed by atoms with Crippen molar-refractivity contribution in [2.24, 2.45) is 10.9 Å². The molecule has 1 aliphatic rings. The fourth-order valence-corrected chi connectivity index (χ4v) is 3.20. The highest BCUT2D eigenvalue weighted by molar-refractivity contribution is 7.09. The molecule has 1 atom stereocenters. The number of rotatable bonds is 5. The number of likely N-dealkylation sites (tertiary alicyclic amines) is 1. The lowest BCUT2D eigenvalue weighted by Gasteiger charge is -2.21. The minimum atomic E-state index is -4.39. The number of hydrogen-bond donors (Lipinski definition) is 1. The molecule has 9 heteroatoms. The van der Waals surface area contributed by atoms with Gasteiger partial charge in [-0.15, -0.1) is 11.3 Å². The number of nitrogens with one attached hydrogen (secondary N) is 1. The molecule has 0 spiro atoms. The number of aliphatic imine (C=N–C) groups is 1. The van der Waals surface area contributed by atoms with Gasteiger partial charge in [-0.2, -0.15) is 13.2 Å². The van der Waals surface area contributed by atoms with Gasteiger partial charge in [0.15, 0.2) is 11.7 Å². The van der Waals surface area contributed by atoms with Crippen LogP contribution in [-0.4, -0.2) is 49.2 Å². The fraction of sp³-hybridized carbons (Fsp3) is 0.714. The standard InChI is InChI=1S/C14H21F3N4OS/c1-3-22-8-10-4-5-21(7-10)13(18-2)19-6-12-20-11(9-23-12)14(15,16)17/h9-10H,3-8H2,1-2H3,(H,18,19). The van der Waals surface area contributed by atoms with Crippen molar-refractivity contribution in [1.29, 1.82) is 0 Å². The quantitative estimate of drug-likeness (QED) is 0.655. The molecule has 1 unspecified atom stereocenters. The minimum Gasteiger partial charge on any atom is -0.381 e. The van der Waals surface area contributed by atoms with Crippen molar-refractivity contribution in [3.05, 3.63) is 16.1 Å². The third-order valence-electron chi connectivity index (χ3n) is 3.59. The van der Waals surface area contributed by atoms with Crippen molar-refractivity contribution < 1.29 is 17.9 Å². The molecule has 5 nitrogen and oxygen atoms in total. The molecule has 130 valence electrons. The molecule has 1 saturated heterocycles. The molecule has 0 aliphatic carbocycles. The summed E-state index contributed by atoms with van der Waals surface area (Å²) in [5, 5.41) is 4.51. The molecule has 2 heterocycles. The fourth-order valence-electron chi connectivity index (χ4n) is 2.45. The van der Waals surface area contributed by atoms with Gasteiger partial charge in [-0.25, -0.2) is 4.98 Å². The number of nitrogens with zero attached hydrogens (tertiary/aromatic N) is 3. The van der Waals surface area contributed by atoms with Gasteiger partial charge in [-0.05, 0) is 13.3 Å². The number of thiazole rings is 1. The number of aromatic nitrogens is 1. The van der Waals surface area contributed by atoms with Gasteiger partial charge in [0.25, 0.3) is 0 Å². The highest BCUT2D eigenvalue weighted by atomic mass is 32.1. The van der Waals surface area contributed by atoms with Gasteiger partial charge in [-0.3, -0.25) is 4.99 Å². The van der Waals surface area contributed by atoms with E-state index in [0.29, 0.717) is 23.5 Å². The predicted molar refractivity (Wildman–Crippen MR) is 83.5 cm³/mol. The van der Waals surface area contributed by atoms with Gasteiger partial charge < -0.3 is 15.0 Å². The maximum atomic E-state index is 12.5. The Morgan fingerprint density at radius 2 is 2.35 bits per heavy atom. The second kappa shape index (κ2) is 7.96. The molecule has 0 saturated carbocycles. The van der Waals surface area contributed by atoms with Crippen LogP contribution in [0.1, 0.15) is 24.0 Å². The predicted octanol–water partition coefficient (Wildman–Crippen LogP) is 2.60. The molecule has 0 aromatic carbocycles. The first kappa shape index (κ1) is 18.0. The Balaban J connectivity index is 1.85. The lowest BCUT2D eigenvalue weighted by atomic mass is 10.1. The number of alkyl halides is 3. The summed E-state index contributed by atoms with van der Waals surface area (Å²) in [7, 11) is 1.67. The van der Waals surface area contributed by atoms with Crippen LogP contribution in [0, 0.1) is 5.92 Å². The van der Waals surface area contributed by atoms with E-state index in [1.165, 1.54) is 0 Å². The topological polar surface area (TPSA) is 49.8 Å². The summed E-state index contributed by atoms with van der Waals surface area (Å²) in [5.41, 5.74) is -0.841. The molecule has 23 heavy (non-hydrogen) atoms. The van der Waals surface area contributed by atoms with E-state index in [9.17, 15) is 13.2 Å². The van der Waals surface area contributed by atoms with Crippen molar-refractivity contribution >= 4 is 17.3 Å². The zero-order chi connectivity index (χ0) is 16.9. The van der Waals surface area contributed by atoms with E-state index >= 15 is 0 Å². The first-order valence-corrected chi connectivity index (χ1v) is 8.37. The number of halogens is 3. The van der Waals surface area contributed by atoms with Crippen LogP contribution in [0.2, 0.25) is 0 Å². The molecule has 1 aromatic rings. The number of guanidine groups is 1. The molecule has 2 rings (SSSR count). The highest BCUT2D eigenvalue weighted by Crippen LogP contribution is 2.29. The van der Waals surface area contributed by atoms with E-state index in [1.54, 1.807) is 7.05 Å². The summed E-state index contributed by atoms with van der Waals surface area (Å²) in [5.74, 6) is 1.15. The van der Waals surface area contributed by atoms with Crippen LogP contribution in [0.25, 0.3) is 0 Å². The summed E-state index contributed by atoms with van der Waals surface area (Å²) in [4.78, 5) is 9.91. The molecular weight excluding hydrogens is 329 g/mol. The van der Waals surface area contributed by atoms with Gasteiger partial charge in [0.05, 0.1) is 13.2 Å². The zero-order valence-electron chi connectivity index (χ0n) is 13.2. The second-order valence-corrected chi connectivity index (χ2v) is 6.23. The van der Waals surface area contributed by atoms with Crippen LogP contribution in [0.5, 0.6) is 0 Å². The molecule has 1 aliphatic heterocycles. The summed E-state index contributed by atoms with van der Waals surface area (Å²) >= 11 is 0.996. The Hall–Kier alpha value is -1.35. The monoisotopic (exact) mass is 350 g/mol. The smallest absolute Gasteiger partial charge is 0.381 e. The molecule has 1 fully saturated rings. The van der Waals surface area contributed by atoms with Crippen LogP contribution in [0.15, 0.2) is 10.4 Å². The van der Waals surface area contributed by atoms with Crippen molar-refractivity contribution in [2.75, 3.05) is 33.4 Å². The van der Waals surface area contributed by atoms with Crippen LogP contribution in [0.3, 0.4) is 0 Å². The third kappa shape index (κ3) is 5.07. The lowest BCUT2D eigenvalue weighted by molar-refractivity contribution is -0.140. The zero-order valence-corrected chi connectivity index (χ0v) is 14.0. The van der Waals surface area contributed by atoms with Crippen LogP contribution in [0.4, 0.5) is 13.2 Å². The Morgan fingerprint density at radius 3 is 2.96 bits per heavy atom. The van der Waals surface area contributed by atoms with E-state index in [0.717, 1.165) is 42.8 Å². The van der Waals surface area contributed by atoms with Crippen molar-refractivity contribution in [1.82, 2.24) is 15.2 Å². The first-order valence-electron chi connectivity index (χ1n) is 7.49. The van der Waals surface area contributed by atoms with Crippen LogP contribution in [-0.2, 0) is 17.5 Å². The Labute approximate surface area is 137 Å². The Bertz CT molecular complexity index is 532. The first-order chi connectivity index (χ1) is 10.9.